The highest BCUT2D eigenvalue weighted by molar-refractivity contribution is 7.98. The summed E-state index contributed by atoms with van der Waals surface area (Å²) in [5.74, 6) is 0.789. The van der Waals surface area contributed by atoms with Crippen molar-refractivity contribution >= 4 is 23.5 Å². The lowest BCUT2D eigenvalue weighted by Crippen LogP contribution is -2.38. The number of hydrogen-bond acceptors (Lipinski definition) is 7. The SMILES string of the molecule is C[C@@H]1CCCCN1c1cc(C(F)(F)F)nc(SCc2ccc(C(=O)NCCN(C)C)o2)n1. The smallest absolute Gasteiger partial charge is 0.433 e. The number of furan rings is 1. The van der Waals surface area contributed by atoms with Gasteiger partial charge in [-0.3, -0.25) is 4.79 Å². The zero-order chi connectivity index (χ0) is 23.3. The molecule has 176 valence electrons. The average Bonchev–Trinajstić information content (AvgIpc) is 3.21. The van der Waals surface area contributed by atoms with E-state index in [9.17, 15) is 18.0 Å². The Hall–Kier alpha value is -2.27. The largest absolute Gasteiger partial charge is 0.455 e. The van der Waals surface area contributed by atoms with Crippen LogP contribution in [-0.2, 0) is 11.9 Å². The average molecular weight is 472 g/mol. The first kappa shape index (κ1) is 24.4. The molecule has 7 nitrogen and oxygen atoms in total. The highest BCUT2D eigenvalue weighted by atomic mass is 32.2. The van der Waals surface area contributed by atoms with E-state index in [1.165, 1.54) is 0 Å². The maximum absolute atomic E-state index is 13.4. The van der Waals surface area contributed by atoms with E-state index >= 15 is 0 Å². The van der Waals surface area contributed by atoms with Gasteiger partial charge in [-0.2, -0.15) is 13.2 Å². The minimum Gasteiger partial charge on any atom is -0.455 e. The highest BCUT2D eigenvalue weighted by Gasteiger charge is 2.35. The van der Waals surface area contributed by atoms with Gasteiger partial charge in [0.25, 0.3) is 5.91 Å². The number of aromatic nitrogens is 2. The molecule has 0 bridgehead atoms. The predicted octanol–water partition coefficient (Wildman–Crippen LogP) is 4.05. The molecule has 0 spiro atoms. The Morgan fingerprint density at radius 3 is 2.78 bits per heavy atom. The van der Waals surface area contributed by atoms with Crippen LogP contribution in [0.25, 0.3) is 0 Å². The van der Waals surface area contributed by atoms with Gasteiger partial charge >= 0.3 is 6.18 Å². The second-order valence-corrected chi connectivity index (χ2v) is 8.99. The first-order chi connectivity index (χ1) is 15.1. The number of carbonyl (C=O) groups is 1. The van der Waals surface area contributed by atoms with Crippen LogP contribution in [0.4, 0.5) is 19.0 Å². The summed E-state index contributed by atoms with van der Waals surface area (Å²) in [6, 6.07) is 4.33. The Morgan fingerprint density at radius 2 is 2.09 bits per heavy atom. The number of halogens is 3. The second-order valence-electron chi connectivity index (χ2n) is 8.04. The Kier molecular flexibility index (Phi) is 8.05. The zero-order valence-electron chi connectivity index (χ0n) is 18.4. The van der Waals surface area contributed by atoms with Gasteiger partial charge in [0.05, 0.1) is 5.75 Å². The molecular formula is C21H28F3N5O2S. The Bertz CT molecular complexity index is 919. The molecule has 1 atom stereocenters. The number of piperidine rings is 1. The highest BCUT2D eigenvalue weighted by Crippen LogP contribution is 2.34. The molecule has 1 fully saturated rings. The number of likely N-dealkylation sites (N-methyl/N-ethyl adjacent to an activating group) is 1. The molecule has 0 aliphatic carbocycles. The molecule has 2 aromatic heterocycles. The van der Waals surface area contributed by atoms with Crippen LogP contribution in [0.3, 0.4) is 0 Å². The Labute approximate surface area is 189 Å². The normalized spacial score (nSPS) is 17.1. The third-order valence-corrected chi connectivity index (χ3v) is 6.02. The van der Waals surface area contributed by atoms with E-state index in [1.54, 1.807) is 12.1 Å². The van der Waals surface area contributed by atoms with Gasteiger partial charge in [-0.1, -0.05) is 11.8 Å². The molecule has 1 N–H and O–H groups in total. The zero-order valence-corrected chi connectivity index (χ0v) is 19.2. The number of hydrogen-bond donors (Lipinski definition) is 1. The number of thioether (sulfide) groups is 1. The standard InChI is InChI=1S/C21H28F3N5O2S/c1-14-6-4-5-10-29(14)18-12-17(21(22,23)24)26-20(27-18)32-13-15-7-8-16(31-15)19(30)25-9-11-28(2)3/h7-8,12,14H,4-6,9-11,13H2,1-3H3,(H,25,30)/t14-/m1/s1. The van der Waals surface area contributed by atoms with Crippen LogP contribution < -0.4 is 10.2 Å². The van der Waals surface area contributed by atoms with Gasteiger partial charge in [0.1, 0.15) is 11.6 Å². The lowest BCUT2D eigenvalue weighted by atomic mass is 10.0. The Morgan fingerprint density at radius 1 is 1.31 bits per heavy atom. The molecule has 1 saturated heterocycles. The topological polar surface area (TPSA) is 74.5 Å². The lowest BCUT2D eigenvalue weighted by molar-refractivity contribution is -0.141. The van der Waals surface area contributed by atoms with Crippen molar-refractivity contribution in [2.75, 3.05) is 38.6 Å². The van der Waals surface area contributed by atoms with E-state index in [-0.39, 0.29) is 28.6 Å². The van der Waals surface area contributed by atoms with Gasteiger partial charge in [0.15, 0.2) is 16.6 Å². The lowest BCUT2D eigenvalue weighted by Gasteiger charge is -2.34. The second kappa shape index (κ2) is 10.6. The van der Waals surface area contributed by atoms with Crippen molar-refractivity contribution in [3.63, 3.8) is 0 Å². The Balaban J connectivity index is 1.70. The summed E-state index contributed by atoms with van der Waals surface area (Å²) in [5, 5.41) is 2.78. The van der Waals surface area contributed by atoms with E-state index in [0.29, 0.717) is 31.2 Å². The molecule has 11 heteroatoms. The van der Waals surface area contributed by atoms with Crippen molar-refractivity contribution in [1.29, 1.82) is 0 Å². The van der Waals surface area contributed by atoms with Crippen LogP contribution in [-0.4, -0.2) is 60.5 Å². The van der Waals surface area contributed by atoms with E-state index in [1.807, 2.05) is 30.8 Å². The monoisotopic (exact) mass is 471 g/mol. The van der Waals surface area contributed by atoms with Crippen molar-refractivity contribution in [3.8, 4) is 0 Å². The number of amides is 1. The molecule has 0 radical (unpaired) electrons. The van der Waals surface area contributed by atoms with E-state index in [4.69, 9.17) is 4.42 Å². The molecule has 3 rings (SSSR count). The third-order valence-electron chi connectivity index (χ3n) is 5.15. The first-order valence-electron chi connectivity index (χ1n) is 10.5. The maximum Gasteiger partial charge on any atom is 0.433 e. The van der Waals surface area contributed by atoms with Crippen LogP contribution in [0.5, 0.6) is 0 Å². The summed E-state index contributed by atoms with van der Waals surface area (Å²) in [6.45, 7) is 3.84. The van der Waals surface area contributed by atoms with E-state index in [2.05, 4.69) is 15.3 Å². The minimum atomic E-state index is -4.56. The first-order valence-corrected chi connectivity index (χ1v) is 11.5. The van der Waals surface area contributed by atoms with Crippen molar-refractivity contribution in [2.45, 2.75) is 49.3 Å². The molecule has 3 heterocycles. The van der Waals surface area contributed by atoms with E-state index in [0.717, 1.165) is 37.1 Å². The fourth-order valence-corrected chi connectivity index (χ4v) is 4.15. The number of carbonyl (C=O) groups excluding carboxylic acids is 1. The van der Waals surface area contributed by atoms with Gasteiger partial charge in [-0.25, -0.2) is 9.97 Å². The molecule has 0 saturated carbocycles. The van der Waals surface area contributed by atoms with Crippen LogP contribution >= 0.6 is 11.8 Å². The van der Waals surface area contributed by atoms with Crippen LogP contribution in [0, 0.1) is 0 Å². The van der Waals surface area contributed by atoms with Gasteiger partial charge < -0.3 is 19.5 Å². The molecule has 1 aliphatic rings. The van der Waals surface area contributed by atoms with Crippen molar-refractivity contribution in [2.24, 2.45) is 0 Å². The number of rotatable bonds is 8. The molecule has 1 amide bonds. The molecular weight excluding hydrogens is 443 g/mol. The van der Waals surface area contributed by atoms with Gasteiger partial charge in [0.2, 0.25) is 0 Å². The predicted molar refractivity (Wildman–Crippen MR) is 117 cm³/mol. The van der Waals surface area contributed by atoms with Gasteiger partial charge in [-0.05, 0) is 52.4 Å². The summed E-state index contributed by atoms with van der Waals surface area (Å²) >= 11 is 1.05. The summed E-state index contributed by atoms with van der Waals surface area (Å²) in [4.78, 5) is 24.1. The molecule has 0 aromatic carbocycles. The molecule has 0 unspecified atom stereocenters. The van der Waals surface area contributed by atoms with Crippen molar-refractivity contribution < 1.29 is 22.4 Å². The third kappa shape index (κ3) is 6.61. The number of nitrogens with one attached hydrogen (secondary N) is 1. The van der Waals surface area contributed by atoms with Gasteiger partial charge in [0, 0.05) is 31.7 Å². The summed E-state index contributed by atoms with van der Waals surface area (Å²) < 4.78 is 45.9. The van der Waals surface area contributed by atoms with E-state index < -0.39 is 11.9 Å². The molecule has 1 aliphatic heterocycles. The van der Waals surface area contributed by atoms with Crippen molar-refractivity contribution in [3.05, 3.63) is 35.4 Å². The molecule has 32 heavy (non-hydrogen) atoms. The fraction of sp³-hybridized carbons (Fsp3) is 0.571. The van der Waals surface area contributed by atoms with Gasteiger partial charge in [-0.15, -0.1) is 0 Å². The quantitative estimate of drug-likeness (QED) is 0.460. The summed E-state index contributed by atoms with van der Waals surface area (Å²) in [6.07, 6.45) is -1.67. The maximum atomic E-state index is 13.4. The number of alkyl halides is 3. The van der Waals surface area contributed by atoms with Crippen LogP contribution in [0.15, 0.2) is 27.8 Å². The fourth-order valence-electron chi connectivity index (χ4n) is 3.40. The van der Waals surface area contributed by atoms with Crippen LogP contribution in [0.2, 0.25) is 0 Å². The minimum absolute atomic E-state index is 0.0287. The number of nitrogens with zero attached hydrogens (tertiary/aromatic N) is 4. The van der Waals surface area contributed by atoms with Crippen LogP contribution in [0.1, 0.15) is 48.2 Å². The summed E-state index contributed by atoms with van der Waals surface area (Å²) in [7, 11) is 3.81. The summed E-state index contributed by atoms with van der Waals surface area (Å²) in [5.41, 5.74) is -0.955. The molecule has 2 aromatic rings. The number of anilines is 1. The van der Waals surface area contributed by atoms with Crippen molar-refractivity contribution in [1.82, 2.24) is 20.2 Å².